The lowest BCUT2D eigenvalue weighted by molar-refractivity contribution is 0.0615. The third kappa shape index (κ3) is 3.15. The lowest BCUT2D eigenvalue weighted by atomic mass is 10.2. The van der Waals surface area contributed by atoms with Gasteiger partial charge in [-0.1, -0.05) is 6.07 Å². The van der Waals surface area contributed by atoms with E-state index in [1.807, 2.05) is 43.5 Å². The highest BCUT2D eigenvalue weighted by atomic mass is 16.5. The molecule has 4 heterocycles. The van der Waals surface area contributed by atoms with Gasteiger partial charge in [-0.15, -0.1) is 0 Å². The number of carbonyl (C=O) groups excluding carboxylic acids is 1. The van der Waals surface area contributed by atoms with Gasteiger partial charge in [0.1, 0.15) is 6.10 Å². The van der Waals surface area contributed by atoms with E-state index in [1.165, 1.54) is 0 Å². The van der Waals surface area contributed by atoms with Crippen LogP contribution >= 0.6 is 0 Å². The Labute approximate surface area is 145 Å². The number of amides is 1. The quantitative estimate of drug-likeness (QED) is 0.737. The van der Waals surface area contributed by atoms with E-state index in [9.17, 15) is 4.79 Å². The fraction of sp³-hybridized carbons (Fsp3) is 0.263. The van der Waals surface area contributed by atoms with Gasteiger partial charge in [0.25, 0.3) is 5.91 Å². The van der Waals surface area contributed by atoms with Crippen molar-refractivity contribution >= 4 is 5.91 Å². The van der Waals surface area contributed by atoms with Gasteiger partial charge in [-0.2, -0.15) is 0 Å². The van der Waals surface area contributed by atoms with Gasteiger partial charge in [-0.3, -0.25) is 4.79 Å². The van der Waals surface area contributed by atoms with Crippen molar-refractivity contribution < 1.29 is 13.9 Å². The van der Waals surface area contributed by atoms with Gasteiger partial charge in [0.2, 0.25) is 5.88 Å². The zero-order chi connectivity index (χ0) is 17.2. The molecule has 0 unspecified atom stereocenters. The predicted molar refractivity (Wildman–Crippen MR) is 91.3 cm³/mol. The first-order valence-corrected chi connectivity index (χ1v) is 8.26. The van der Waals surface area contributed by atoms with Crippen LogP contribution < -0.4 is 4.74 Å². The van der Waals surface area contributed by atoms with Crippen molar-refractivity contribution in [2.24, 2.45) is 0 Å². The number of aryl methyl sites for hydroxylation is 1. The van der Waals surface area contributed by atoms with E-state index in [0.717, 1.165) is 11.3 Å². The minimum atomic E-state index is -0.192. The zero-order valence-electron chi connectivity index (χ0n) is 14.0. The number of hydrogen-bond acceptors (Lipinski definition) is 4. The van der Waals surface area contributed by atoms with Crippen molar-refractivity contribution in [2.75, 3.05) is 6.54 Å². The maximum Gasteiger partial charge on any atom is 0.290 e. The molecule has 128 valence electrons. The lowest BCUT2D eigenvalue weighted by Gasteiger charge is -2.24. The average Bonchev–Trinajstić information content (AvgIpc) is 3.20. The molecule has 0 saturated carbocycles. The molecular weight excluding hydrogens is 318 g/mol. The van der Waals surface area contributed by atoms with Gasteiger partial charge in [0.05, 0.1) is 25.9 Å². The Kier molecular flexibility index (Phi) is 4.01. The molecule has 0 radical (unpaired) electrons. The predicted octanol–water partition coefficient (Wildman–Crippen LogP) is 2.89. The molecule has 25 heavy (non-hydrogen) atoms. The molecule has 6 nitrogen and oxygen atoms in total. The molecule has 0 N–H and O–H groups in total. The van der Waals surface area contributed by atoms with Crippen LogP contribution in [0.25, 0.3) is 0 Å². The Morgan fingerprint density at radius 3 is 2.92 bits per heavy atom. The fourth-order valence-electron chi connectivity index (χ4n) is 3.11. The molecule has 0 fully saturated rings. The third-order valence-electron chi connectivity index (χ3n) is 4.37. The van der Waals surface area contributed by atoms with Gasteiger partial charge < -0.3 is 18.6 Å². The van der Waals surface area contributed by atoms with E-state index < -0.39 is 0 Å². The summed E-state index contributed by atoms with van der Waals surface area (Å²) in [7, 11) is 0. The number of aromatic nitrogens is 2. The normalized spacial score (nSPS) is 17.0. The standard InChI is InChI=1S/C19H19N3O3/c1-14-7-10-24-18(14)19(23)22-11-15-5-4-9-21(15)12-16(13-22)25-17-6-2-3-8-20-17/h2-10,16H,11-13H2,1H3/t16-/m0/s1. The maximum atomic E-state index is 12.9. The van der Waals surface area contributed by atoms with Crippen LogP contribution in [0.3, 0.4) is 0 Å². The Balaban J connectivity index is 1.61. The summed E-state index contributed by atoms with van der Waals surface area (Å²) in [6.45, 7) is 3.53. The highest BCUT2D eigenvalue weighted by Gasteiger charge is 2.29. The second-order valence-corrected chi connectivity index (χ2v) is 6.18. The summed E-state index contributed by atoms with van der Waals surface area (Å²) >= 11 is 0. The Hall–Kier alpha value is -3.02. The Morgan fingerprint density at radius 2 is 2.16 bits per heavy atom. The summed E-state index contributed by atoms with van der Waals surface area (Å²) in [4.78, 5) is 18.9. The number of ether oxygens (including phenoxy) is 1. The van der Waals surface area contributed by atoms with E-state index >= 15 is 0 Å². The minimum Gasteiger partial charge on any atom is -0.471 e. The maximum absolute atomic E-state index is 12.9. The van der Waals surface area contributed by atoms with E-state index in [2.05, 4.69) is 9.55 Å². The van der Waals surface area contributed by atoms with Gasteiger partial charge >= 0.3 is 0 Å². The van der Waals surface area contributed by atoms with Crippen LogP contribution in [0.15, 0.2) is 59.5 Å². The highest BCUT2D eigenvalue weighted by Crippen LogP contribution is 2.20. The van der Waals surface area contributed by atoms with Gasteiger partial charge in [0, 0.05) is 29.7 Å². The van der Waals surface area contributed by atoms with Crippen LogP contribution in [-0.4, -0.2) is 33.0 Å². The molecular formula is C19H19N3O3. The van der Waals surface area contributed by atoms with Crippen LogP contribution in [0.1, 0.15) is 21.8 Å². The molecule has 4 rings (SSSR count). The largest absolute Gasteiger partial charge is 0.471 e. The first-order valence-electron chi connectivity index (χ1n) is 8.26. The first-order chi connectivity index (χ1) is 12.2. The smallest absolute Gasteiger partial charge is 0.290 e. The molecule has 3 aromatic rings. The Morgan fingerprint density at radius 1 is 1.24 bits per heavy atom. The molecule has 1 aliphatic heterocycles. The van der Waals surface area contributed by atoms with E-state index in [1.54, 1.807) is 23.4 Å². The van der Waals surface area contributed by atoms with Crippen molar-refractivity contribution in [3.63, 3.8) is 0 Å². The van der Waals surface area contributed by atoms with Crippen LogP contribution in [0, 0.1) is 6.92 Å². The van der Waals surface area contributed by atoms with E-state index in [4.69, 9.17) is 9.15 Å². The van der Waals surface area contributed by atoms with Crippen LogP contribution in [0.5, 0.6) is 5.88 Å². The zero-order valence-corrected chi connectivity index (χ0v) is 14.0. The third-order valence-corrected chi connectivity index (χ3v) is 4.37. The molecule has 6 heteroatoms. The van der Waals surface area contributed by atoms with Gasteiger partial charge in [0.15, 0.2) is 5.76 Å². The summed E-state index contributed by atoms with van der Waals surface area (Å²) < 4.78 is 13.5. The molecule has 0 saturated heterocycles. The van der Waals surface area contributed by atoms with Crippen molar-refractivity contribution in [1.82, 2.24) is 14.5 Å². The number of nitrogens with zero attached hydrogens (tertiary/aromatic N) is 3. The SMILES string of the molecule is Cc1ccoc1C(=O)N1Cc2cccn2C[C@H](Oc2ccccn2)C1. The van der Waals surface area contributed by atoms with Crippen molar-refractivity contribution in [3.8, 4) is 5.88 Å². The molecule has 3 aromatic heterocycles. The summed E-state index contributed by atoms with van der Waals surface area (Å²) in [5, 5.41) is 0. The number of furan rings is 1. The first kappa shape index (κ1) is 15.5. The highest BCUT2D eigenvalue weighted by molar-refractivity contribution is 5.92. The molecule has 1 aliphatic rings. The van der Waals surface area contributed by atoms with Gasteiger partial charge in [-0.05, 0) is 31.2 Å². The van der Waals surface area contributed by atoms with Crippen LogP contribution in [-0.2, 0) is 13.1 Å². The van der Waals surface area contributed by atoms with Crippen LogP contribution in [0.4, 0.5) is 0 Å². The number of pyridine rings is 1. The molecule has 1 atom stereocenters. The van der Waals surface area contributed by atoms with Crippen molar-refractivity contribution in [3.05, 3.63) is 72.1 Å². The van der Waals surface area contributed by atoms with Gasteiger partial charge in [-0.25, -0.2) is 4.98 Å². The fourth-order valence-corrected chi connectivity index (χ4v) is 3.11. The summed E-state index contributed by atoms with van der Waals surface area (Å²) in [6, 6.07) is 11.4. The lowest BCUT2D eigenvalue weighted by Crippen LogP contribution is -2.38. The number of fused-ring (bicyclic) bond motifs is 1. The molecule has 0 aliphatic carbocycles. The summed E-state index contributed by atoms with van der Waals surface area (Å²) in [6.07, 6.45) is 5.06. The minimum absolute atomic E-state index is 0.119. The van der Waals surface area contributed by atoms with E-state index in [0.29, 0.717) is 31.3 Å². The molecule has 0 aromatic carbocycles. The second kappa shape index (κ2) is 6.47. The average molecular weight is 337 g/mol. The number of rotatable bonds is 3. The topological polar surface area (TPSA) is 60.5 Å². The molecule has 0 spiro atoms. The van der Waals surface area contributed by atoms with Crippen molar-refractivity contribution in [1.29, 1.82) is 0 Å². The summed E-state index contributed by atoms with van der Waals surface area (Å²) in [5.41, 5.74) is 1.91. The second-order valence-electron chi connectivity index (χ2n) is 6.18. The molecule has 0 bridgehead atoms. The Bertz CT molecular complexity index is 869. The number of hydrogen-bond donors (Lipinski definition) is 0. The summed E-state index contributed by atoms with van der Waals surface area (Å²) in [5.74, 6) is 0.827. The monoisotopic (exact) mass is 337 g/mol. The number of carbonyl (C=O) groups is 1. The van der Waals surface area contributed by atoms with Crippen molar-refractivity contribution in [2.45, 2.75) is 26.1 Å². The molecule has 1 amide bonds. The van der Waals surface area contributed by atoms with E-state index in [-0.39, 0.29) is 12.0 Å². The van der Waals surface area contributed by atoms with Crippen LogP contribution in [0.2, 0.25) is 0 Å².